The van der Waals surface area contributed by atoms with Gasteiger partial charge in [0.05, 0.1) is 31.0 Å². The second-order valence-electron chi connectivity index (χ2n) is 6.13. The summed E-state index contributed by atoms with van der Waals surface area (Å²) in [7, 11) is 1.58. The molecule has 24 heavy (non-hydrogen) atoms. The normalized spacial score (nSPS) is 20.8. The first-order valence-corrected chi connectivity index (χ1v) is 7.98. The number of aliphatic hydroxyl groups excluding tert-OH is 1. The van der Waals surface area contributed by atoms with Gasteiger partial charge in [0.1, 0.15) is 5.75 Å². The average Bonchev–Trinajstić information content (AvgIpc) is 2.57. The van der Waals surface area contributed by atoms with Crippen molar-refractivity contribution in [1.82, 2.24) is 15.3 Å². The Hall–Kier alpha value is -2.47. The fraction of sp³-hybridized carbons (Fsp3) is 0.389. The van der Waals surface area contributed by atoms with E-state index in [0.717, 1.165) is 5.56 Å². The van der Waals surface area contributed by atoms with Crippen LogP contribution in [0.3, 0.4) is 0 Å². The monoisotopic (exact) mass is 327 g/mol. The molecule has 0 aromatic carbocycles. The summed E-state index contributed by atoms with van der Waals surface area (Å²) in [5, 5.41) is 12.7. The van der Waals surface area contributed by atoms with Gasteiger partial charge in [-0.3, -0.25) is 14.8 Å². The van der Waals surface area contributed by atoms with Crippen molar-refractivity contribution >= 4 is 5.91 Å². The quantitative estimate of drug-likeness (QED) is 0.878. The zero-order valence-corrected chi connectivity index (χ0v) is 13.8. The minimum atomic E-state index is -0.298. The molecule has 126 valence electrons. The number of aliphatic hydroxyl groups is 1. The lowest BCUT2D eigenvalue weighted by molar-refractivity contribution is 0.0234. The third-order valence-corrected chi connectivity index (χ3v) is 4.49. The molecular weight excluding hydrogens is 306 g/mol. The predicted molar refractivity (Wildman–Crippen MR) is 88.7 cm³/mol. The molecular formula is C18H21N3O3. The van der Waals surface area contributed by atoms with Crippen LogP contribution in [0.5, 0.6) is 5.75 Å². The second kappa shape index (κ2) is 6.97. The number of nitrogens with zero attached hydrogens (tertiary/aromatic N) is 2. The molecule has 0 saturated heterocycles. The third kappa shape index (κ3) is 3.38. The topological polar surface area (TPSA) is 84.3 Å². The maximum absolute atomic E-state index is 12.7. The fourth-order valence-electron chi connectivity index (χ4n) is 3.04. The largest absolute Gasteiger partial charge is 0.495 e. The van der Waals surface area contributed by atoms with Crippen molar-refractivity contribution in [3.8, 4) is 5.75 Å². The molecule has 0 aliphatic heterocycles. The van der Waals surface area contributed by atoms with E-state index in [9.17, 15) is 9.90 Å². The number of carbonyl (C=O) groups is 1. The summed E-state index contributed by atoms with van der Waals surface area (Å²) < 4.78 is 5.23. The highest BCUT2D eigenvalue weighted by atomic mass is 16.5. The molecule has 0 spiro atoms. The first-order valence-electron chi connectivity index (χ1n) is 7.98. The number of carbonyl (C=O) groups excluding carboxylic acids is 1. The summed E-state index contributed by atoms with van der Waals surface area (Å²) in [5.41, 5.74) is 2.12. The van der Waals surface area contributed by atoms with Crippen LogP contribution in [-0.4, -0.2) is 34.2 Å². The first kappa shape index (κ1) is 16.4. The summed E-state index contributed by atoms with van der Waals surface area (Å²) in [4.78, 5) is 21.0. The number of amides is 1. The zero-order chi connectivity index (χ0) is 17.1. The van der Waals surface area contributed by atoms with Crippen LogP contribution >= 0.6 is 0 Å². The maximum Gasteiger partial charge on any atom is 0.253 e. The molecule has 1 amide bonds. The van der Waals surface area contributed by atoms with Crippen LogP contribution in [0.4, 0.5) is 0 Å². The summed E-state index contributed by atoms with van der Waals surface area (Å²) >= 11 is 0. The number of rotatable bonds is 5. The van der Waals surface area contributed by atoms with Gasteiger partial charge in [0.25, 0.3) is 5.91 Å². The SMILES string of the molecule is COc1cncc([C@H](NC(=O)c2cccnc2C)C2CC(O)C2)c1. The average molecular weight is 327 g/mol. The molecule has 1 fully saturated rings. The molecule has 2 aromatic heterocycles. The second-order valence-corrected chi connectivity index (χ2v) is 6.13. The zero-order valence-electron chi connectivity index (χ0n) is 13.8. The summed E-state index contributed by atoms with van der Waals surface area (Å²) in [6.07, 6.45) is 6.05. The number of aromatic nitrogens is 2. The molecule has 1 aliphatic carbocycles. The van der Waals surface area contributed by atoms with Crippen LogP contribution in [0.1, 0.15) is 40.5 Å². The van der Waals surface area contributed by atoms with Gasteiger partial charge in [0, 0.05) is 18.1 Å². The molecule has 1 aliphatic rings. The van der Waals surface area contributed by atoms with E-state index in [1.165, 1.54) is 0 Å². The number of nitrogens with one attached hydrogen (secondary N) is 1. The van der Waals surface area contributed by atoms with Crippen molar-refractivity contribution in [3.63, 3.8) is 0 Å². The maximum atomic E-state index is 12.7. The minimum absolute atomic E-state index is 0.171. The van der Waals surface area contributed by atoms with Crippen molar-refractivity contribution in [2.24, 2.45) is 5.92 Å². The Kier molecular flexibility index (Phi) is 4.76. The van der Waals surface area contributed by atoms with Gasteiger partial charge >= 0.3 is 0 Å². The molecule has 1 atom stereocenters. The Bertz CT molecular complexity index is 729. The van der Waals surface area contributed by atoms with Crippen LogP contribution in [0.2, 0.25) is 0 Å². The van der Waals surface area contributed by atoms with Gasteiger partial charge in [-0.15, -0.1) is 0 Å². The number of hydrogen-bond donors (Lipinski definition) is 2. The number of aryl methyl sites for hydroxylation is 1. The molecule has 0 unspecified atom stereocenters. The standard InChI is InChI=1S/C18H21N3O3/c1-11-16(4-3-5-20-11)18(23)21-17(12-6-14(22)7-12)13-8-15(24-2)10-19-9-13/h3-5,8-10,12,14,17,22H,6-7H2,1-2H3,(H,21,23)/t12?,14?,17-/m1/s1. The van der Waals surface area contributed by atoms with E-state index in [1.807, 2.05) is 13.0 Å². The van der Waals surface area contributed by atoms with Gasteiger partial charge in [0.2, 0.25) is 0 Å². The smallest absolute Gasteiger partial charge is 0.253 e. The molecule has 2 heterocycles. The summed E-state index contributed by atoms with van der Waals surface area (Å²) in [6, 6.07) is 5.16. The van der Waals surface area contributed by atoms with Crippen LogP contribution in [0.25, 0.3) is 0 Å². The Labute approximate surface area is 140 Å². The molecule has 6 nitrogen and oxygen atoms in total. The third-order valence-electron chi connectivity index (χ3n) is 4.49. The van der Waals surface area contributed by atoms with Crippen molar-refractivity contribution in [2.45, 2.75) is 31.9 Å². The first-order chi connectivity index (χ1) is 11.6. The Balaban J connectivity index is 1.85. The molecule has 0 radical (unpaired) electrons. The van der Waals surface area contributed by atoms with Crippen molar-refractivity contribution in [1.29, 1.82) is 0 Å². The molecule has 3 rings (SSSR count). The predicted octanol–water partition coefficient (Wildman–Crippen LogP) is 2.04. The van der Waals surface area contributed by atoms with E-state index in [2.05, 4.69) is 15.3 Å². The van der Waals surface area contributed by atoms with Crippen molar-refractivity contribution < 1.29 is 14.6 Å². The Morgan fingerprint density at radius 2 is 2.21 bits per heavy atom. The molecule has 2 N–H and O–H groups in total. The van der Waals surface area contributed by atoms with E-state index < -0.39 is 0 Å². The van der Waals surface area contributed by atoms with Crippen LogP contribution in [0.15, 0.2) is 36.8 Å². The van der Waals surface area contributed by atoms with Gasteiger partial charge in [-0.25, -0.2) is 0 Å². The highest BCUT2D eigenvalue weighted by Crippen LogP contribution is 2.38. The van der Waals surface area contributed by atoms with Gasteiger partial charge in [-0.1, -0.05) is 0 Å². The highest BCUT2D eigenvalue weighted by molar-refractivity contribution is 5.95. The lowest BCUT2D eigenvalue weighted by Crippen LogP contribution is -2.41. The molecule has 0 bridgehead atoms. The van der Waals surface area contributed by atoms with Gasteiger partial charge in [0.15, 0.2) is 0 Å². The molecule has 1 saturated carbocycles. The molecule has 2 aromatic rings. The van der Waals surface area contributed by atoms with Gasteiger partial charge < -0.3 is 15.2 Å². The van der Waals surface area contributed by atoms with Gasteiger partial charge in [-0.05, 0) is 49.4 Å². The number of ether oxygens (including phenoxy) is 1. The van der Waals surface area contributed by atoms with Gasteiger partial charge in [-0.2, -0.15) is 0 Å². The van der Waals surface area contributed by atoms with Crippen LogP contribution in [0, 0.1) is 12.8 Å². The van der Waals surface area contributed by atoms with Crippen molar-refractivity contribution in [3.05, 3.63) is 53.6 Å². The van der Waals surface area contributed by atoms with E-state index in [1.54, 1.807) is 37.8 Å². The van der Waals surface area contributed by atoms with E-state index in [0.29, 0.717) is 29.8 Å². The minimum Gasteiger partial charge on any atom is -0.495 e. The number of hydrogen-bond acceptors (Lipinski definition) is 5. The lowest BCUT2D eigenvalue weighted by Gasteiger charge is -2.38. The number of pyridine rings is 2. The van der Waals surface area contributed by atoms with Crippen molar-refractivity contribution in [2.75, 3.05) is 7.11 Å². The van der Waals surface area contributed by atoms with E-state index in [4.69, 9.17) is 4.74 Å². The Morgan fingerprint density at radius 3 is 2.88 bits per heavy atom. The summed E-state index contributed by atoms with van der Waals surface area (Å²) in [6.45, 7) is 1.81. The molecule has 6 heteroatoms. The van der Waals surface area contributed by atoms with E-state index in [-0.39, 0.29) is 24.0 Å². The fourth-order valence-corrected chi connectivity index (χ4v) is 3.04. The Morgan fingerprint density at radius 1 is 1.42 bits per heavy atom. The lowest BCUT2D eigenvalue weighted by atomic mass is 9.75. The number of methoxy groups -OCH3 is 1. The summed E-state index contributed by atoms with van der Waals surface area (Å²) in [5.74, 6) is 0.647. The van der Waals surface area contributed by atoms with E-state index >= 15 is 0 Å². The van der Waals surface area contributed by atoms with Crippen LogP contribution < -0.4 is 10.1 Å². The van der Waals surface area contributed by atoms with Crippen LogP contribution in [-0.2, 0) is 0 Å². The highest BCUT2D eigenvalue weighted by Gasteiger charge is 2.36.